The Labute approximate surface area is 150 Å². The summed E-state index contributed by atoms with van der Waals surface area (Å²) in [5.74, 6) is 1.60. The van der Waals surface area contributed by atoms with Gasteiger partial charge < -0.3 is 15.2 Å². The summed E-state index contributed by atoms with van der Waals surface area (Å²) < 4.78 is 5.17. The third kappa shape index (κ3) is 3.25. The van der Waals surface area contributed by atoms with E-state index >= 15 is 0 Å². The second kappa shape index (κ2) is 6.68. The lowest BCUT2D eigenvalue weighted by molar-refractivity contribution is 0.415. The number of hydrogen-bond donors (Lipinski definition) is 2. The van der Waals surface area contributed by atoms with E-state index in [1.54, 1.807) is 43.8 Å². The van der Waals surface area contributed by atoms with Crippen LogP contribution in [0.25, 0.3) is 22.4 Å². The van der Waals surface area contributed by atoms with Crippen molar-refractivity contribution in [1.29, 1.82) is 0 Å². The molecule has 4 aromatic rings. The van der Waals surface area contributed by atoms with Crippen molar-refractivity contribution in [1.82, 2.24) is 15.0 Å². The summed E-state index contributed by atoms with van der Waals surface area (Å²) >= 11 is 0. The predicted octanol–water partition coefficient (Wildman–Crippen LogP) is 4.15. The summed E-state index contributed by atoms with van der Waals surface area (Å²) in [7, 11) is 1.64. The molecule has 2 aromatic heterocycles. The minimum absolute atomic E-state index is 0.210. The van der Waals surface area contributed by atoms with Crippen LogP contribution < -0.4 is 10.1 Å². The van der Waals surface area contributed by atoms with Crippen LogP contribution in [-0.4, -0.2) is 27.2 Å². The normalized spacial score (nSPS) is 10.7. The van der Waals surface area contributed by atoms with Crippen LogP contribution >= 0.6 is 0 Å². The molecule has 0 amide bonds. The number of phenols is 1. The van der Waals surface area contributed by atoms with E-state index in [1.807, 2.05) is 30.3 Å². The van der Waals surface area contributed by atoms with Crippen LogP contribution in [0.1, 0.15) is 0 Å². The number of anilines is 2. The minimum Gasteiger partial charge on any atom is -0.508 e. The SMILES string of the molecule is COc1ccc(Nc2cnc3cnc(-c4ccc(O)cc4)nc3c2)cc1. The number of benzene rings is 2. The molecule has 4 rings (SSSR count). The van der Waals surface area contributed by atoms with Gasteiger partial charge in [0.2, 0.25) is 0 Å². The first-order valence-corrected chi connectivity index (χ1v) is 8.04. The molecular formula is C20H16N4O2. The van der Waals surface area contributed by atoms with Gasteiger partial charge in [-0.15, -0.1) is 0 Å². The van der Waals surface area contributed by atoms with Crippen LogP contribution in [-0.2, 0) is 0 Å². The lowest BCUT2D eigenvalue weighted by atomic mass is 10.2. The molecule has 0 aliphatic heterocycles. The average molecular weight is 344 g/mol. The van der Waals surface area contributed by atoms with E-state index in [0.29, 0.717) is 11.3 Å². The fourth-order valence-electron chi connectivity index (χ4n) is 2.58. The highest BCUT2D eigenvalue weighted by atomic mass is 16.5. The Kier molecular flexibility index (Phi) is 4.07. The van der Waals surface area contributed by atoms with E-state index in [-0.39, 0.29) is 5.75 Å². The van der Waals surface area contributed by atoms with Crippen LogP contribution in [0, 0.1) is 0 Å². The van der Waals surface area contributed by atoms with Gasteiger partial charge in [0.05, 0.1) is 30.7 Å². The predicted molar refractivity (Wildman–Crippen MR) is 101 cm³/mol. The number of nitrogens with one attached hydrogen (secondary N) is 1. The number of fused-ring (bicyclic) bond motifs is 1. The Balaban J connectivity index is 1.65. The van der Waals surface area contributed by atoms with Crippen LogP contribution in [0.3, 0.4) is 0 Å². The fourth-order valence-corrected chi connectivity index (χ4v) is 2.58. The van der Waals surface area contributed by atoms with E-state index in [4.69, 9.17) is 4.74 Å². The molecular weight excluding hydrogens is 328 g/mol. The van der Waals surface area contributed by atoms with Crippen LogP contribution in [0.4, 0.5) is 11.4 Å². The lowest BCUT2D eigenvalue weighted by Crippen LogP contribution is -1.95. The molecule has 0 bridgehead atoms. The minimum atomic E-state index is 0.210. The Morgan fingerprint density at radius 3 is 2.35 bits per heavy atom. The summed E-state index contributed by atoms with van der Waals surface area (Å²) in [4.78, 5) is 13.3. The molecule has 128 valence electrons. The van der Waals surface area contributed by atoms with Gasteiger partial charge >= 0.3 is 0 Å². The van der Waals surface area contributed by atoms with Gasteiger partial charge in [-0.25, -0.2) is 9.97 Å². The largest absolute Gasteiger partial charge is 0.508 e. The van der Waals surface area contributed by atoms with Crippen molar-refractivity contribution in [2.24, 2.45) is 0 Å². The molecule has 0 unspecified atom stereocenters. The van der Waals surface area contributed by atoms with Crippen molar-refractivity contribution in [3.05, 3.63) is 67.0 Å². The topological polar surface area (TPSA) is 80.2 Å². The molecule has 0 atom stereocenters. The average Bonchev–Trinajstić information content (AvgIpc) is 2.68. The van der Waals surface area contributed by atoms with Crippen LogP contribution in [0.15, 0.2) is 67.0 Å². The number of phenolic OH excluding ortho intramolecular Hbond substituents is 1. The first-order chi connectivity index (χ1) is 12.7. The highest BCUT2D eigenvalue weighted by Gasteiger charge is 2.06. The zero-order chi connectivity index (χ0) is 17.9. The van der Waals surface area contributed by atoms with Gasteiger partial charge in [0.25, 0.3) is 0 Å². The summed E-state index contributed by atoms with van der Waals surface area (Å²) in [6, 6.07) is 16.4. The Morgan fingerprint density at radius 1 is 0.846 bits per heavy atom. The molecule has 6 nitrogen and oxygen atoms in total. The summed E-state index contributed by atoms with van der Waals surface area (Å²) in [6.07, 6.45) is 3.44. The number of methoxy groups -OCH3 is 1. The Morgan fingerprint density at radius 2 is 1.62 bits per heavy atom. The van der Waals surface area contributed by atoms with Crippen molar-refractivity contribution >= 4 is 22.4 Å². The summed E-state index contributed by atoms with van der Waals surface area (Å²) in [6.45, 7) is 0. The standard InChI is InChI=1S/C20H16N4O2/c1-26-17-8-4-14(5-9-17)23-15-10-18-19(21-11-15)12-22-20(24-18)13-2-6-16(25)7-3-13/h2-12,23,25H,1H3. The van der Waals surface area contributed by atoms with Crippen molar-refractivity contribution in [2.45, 2.75) is 0 Å². The van der Waals surface area contributed by atoms with Crippen molar-refractivity contribution in [3.8, 4) is 22.9 Å². The number of rotatable bonds is 4. The number of hydrogen-bond acceptors (Lipinski definition) is 6. The van der Waals surface area contributed by atoms with Gasteiger partial charge in [0.1, 0.15) is 17.0 Å². The maximum Gasteiger partial charge on any atom is 0.159 e. The Hall–Kier alpha value is -3.67. The number of ether oxygens (including phenoxy) is 1. The molecule has 26 heavy (non-hydrogen) atoms. The highest BCUT2D eigenvalue weighted by Crippen LogP contribution is 2.24. The van der Waals surface area contributed by atoms with E-state index in [9.17, 15) is 5.11 Å². The molecule has 6 heteroatoms. The first-order valence-electron chi connectivity index (χ1n) is 8.04. The van der Waals surface area contributed by atoms with Crippen molar-refractivity contribution in [2.75, 3.05) is 12.4 Å². The molecule has 0 saturated heterocycles. The smallest absolute Gasteiger partial charge is 0.159 e. The van der Waals surface area contributed by atoms with Crippen molar-refractivity contribution in [3.63, 3.8) is 0 Å². The molecule has 0 aliphatic rings. The molecule has 0 radical (unpaired) electrons. The van der Waals surface area contributed by atoms with Crippen molar-refractivity contribution < 1.29 is 9.84 Å². The first kappa shape index (κ1) is 15.8. The van der Waals surface area contributed by atoms with Gasteiger partial charge in [-0.05, 0) is 54.6 Å². The number of aromatic nitrogens is 3. The van der Waals surface area contributed by atoms with Crippen LogP contribution in [0.2, 0.25) is 0 Å². The summed E-state index contributed by atoms with van der Waals surface area (Å²) in [5.41, 5.74) is 4.05. The zero-order valence-electron chi connectivity index (χ0n) is 14.0. The molecule has 2 aromatic carbocycles. The molecule has 0 spiro atoms. The molecule has 0 aliphatic carbocycles. The van der Waals surface area contributed by atoms with Gasteiger partial charge in [-0.1, -0.05) is 0 Å². The van der Waals surface area contributed by atoms with Crippen LogP contribution in [0.5, 0.6) is 11.5 Å². The number of aromatic hydroxyl groups is 1. The third-order valence-corrected chi connectivity index (χ3v) is 3.94. The van der Waals surface area contributed by atoms with Gasteiger partial charge in [0.15, 0.2) is 5.82 Å². The van der Waals surface area contributed by atoms with E-state index < -0.39 is 0 Å². The van der Waals surface area contributed by atoms with Gasteiger partial charge in [0, 0.05) is 11.3 Å². The van der Waals surface area contributed by atoms with E-state index in [2.05, 4.69) is 20.3 Å². The van der Waals surface area contributed by atoms with Gasteiger partial charge in [-0.3, -0.25) is 4.98 Å². The second-order valence-electron chi connectivity index (χ2n) is 5.72. The second-order valence-corrected chi connectivity index (χ2v) is 5.72. The monoisotopic (exact) mass is 344 g/mol. The van der Waals surface area contributed by atoms with E-state index in [0.717, 1.165) is 28.2 Å². The maximum absolute atomic E-state index is 9.42. The molecule has 2 heterocycles. The maximum atomic E-state index is 9.42. The third-order valence-electron chi connectivity index (χ3n) is 3.94. The molecule has 2 N–H and O–H groups in total. The number of nitrogens with zero attached hydrogens (tertiary/aromatic N) is 3. The highest BCUT2D eigenvalue weighted by molar-refractivity contribution is 5.80. The molecule has 0 fully saturated rings. The van der Waals surface area contributed by atoms with Gasteiger partial charge in [-0.2, -0.15) is 0 Å². The fraction of sp³-hybridized carbons (Fsp3) is 0.0500. The molecule has 0 saturated carbocycles. The number of pyridine rings is 1. The van der Waals surface area contributed by atoms with E-state index in [1.165, 1.54) is 0 Å². The lowest BCUT2D eigenvalue weighted by Gasteiger charge is -2.08. The summed E-state index contributed by atoms with van der Waals surface area (Å²) in [5, 5.41) is 12.7. The quantitative estimate of drug-likeness (QED) is 0.579. The Bertz CT molecular complexity index is 1050. The zero-order valence-corrected chi connectivity index (χ0v) is 14.0.